The Hall–Kier alpha value is -1.40. The lowest BCUT2D eigenvalue weighted by molar-refractivity contribution is 0.789. The van der Waals surface area contributed by atoms with E-state index in [0.717, 1.165) is 36.2 Å². The lowest BCUT2D eigenvalue weighted by Gasteiger charge is -2.11. The van der Waals surface area contributed by atoms with Gasteiger partial charge < -0.3 is 10.6 Å². The van der Waals surface area contributed by atoms with Crippen LogP contribution in [-0.4, -0.2) is 24.5 Å². The Morgan fingerprint density at radius 1 is 1.30 bits per heavy atom. The van der Waals surface area contributed by atoms with Gasteiger partial charge >= 0.3 is 0 Å². The Bertz CT molecular complexity index is 571. The summed E-state index contributed by atoms with van der Waals surface area (Å²) in [6, 6.07) is 2.14. The van der Waals surface area contributed by atoms with Gasteiger partial charge in [-0.2, -0.15) is 0 Å². The highest BCUT2D eigenvalue weighted by molar-refractivity contribution is 7.10. The topological polar surface area (TPSA) is 49.3 Å². The third-order valence-corrected chi connectivity index (χ3v) is 4.79. The molecule has 0 bridgehead atoms. The lowest BCUT2D eigenvalue weighted by Crippen LogP contribution is -2.37. The van der Waals surface area contributed by atoms with Gasteiger partial charge in [0.25, 0.3) is 0 Å². The van der Waals surface area contributed by atoms with E-state index in [-0.39, 0.29) is 0 Å². The predicted molar refractivity (Wildman–Crippen MR) is 87.8 cm³/mol. The van der Waals surface area contributed by atoms with Crippen LogP contribution >= 0.6 is 22.7 Å². The highest BCUT2D eigenvalue weighted by Crippen LogP contribution is 2.14. The molecule has 0 amide bonds. The first kappa shape index (κ1) is 15.0. The van der Waals surface area contributed by atoms with Crippen molar-refractivity contribution in [2.24, 2.45) is 4.99 Å². The number of aryl methyl sites for hydroxylation is 2. The molecule has 0 aliphatic rings. The van der Waals surface area contributed by atoms with E-state index >= 15 is 0 Å². The van der Waals surface area contributed by atoms with E-state index in [1.807, 2.05) is 6.92 Å². The van der Waals surface area contributed by atoms with Crippen LogP contribution in [0.3, 0.4) is 0 Å². The largest absolute Gasteiger partial charge is 0.356 e. The van der Waals surface area contributed by atoms with E-state index in [1.165, 1.54) is 10.4 Å². The van der Waals surface area contributed by atoms with Gasteiger partial charge in [-0.25, -0.2) is 4.98 Å². The smallest absolute Gasteiger partial charge is 0.191 e. The number of aromatic nitrogens is 1. The summed E-state index contributed by atoms with van der Waals surface area (Å²) in [5.74, 6) is 0.838. The first-order chi connectivity index (χ1) is 9.69. The zero-order valence-electron chi connectivity index (χ0n) is 12.1. The minimum atomic E-state index is 0.818. The third kappa shape index (κ3) is 4.31. The van der Waals surface area contributed by atoms with Crippen molar-refractivity contribution < 1.29 is 0 Å². The highest BCUT2D eigenvalue weighted by atomic mass is 32.1. The van der Waals surface area contributed by atoms with Crippen LogP contribution in [0, 0.1) is 13.8 Å². The number of guanidine groups is 1. The van der Waals surface area contributed by atoms with Gasteiger partial charge in [0.2, 0.25) is 0 Å². The van der Waals surface area contributed by atoms with Gasteiger partial charge in [-0.15, -0.1) is 22.7 Å². The zero-order valence-corrected chi connectivity index (χ0v) is 13.7. The van der Waals surface area contributed by atoms with Gasteiger partial charge in [0.15, 0.2) is 5.96 Å². The van der Waals surface area contributed by atoms with Gasteiger partial charge in [-0.1, -0.05) is 0 Å². The monoisotopic (exact) mass is 308 g/mol. The van der Waals surface area contributed by atoms with E-state index in [9.17, 15) is 0 Å². The van der Waals surface area contributed by atoms with E-state index in [0.29, 0.717) is 0 Å². The van der Waals surface area contributed by atoms with Gasteiger partial charge in [0, 0.05) is 30.3 Å². The lowest BCUT2D eigenvalue weighted by atomic mass is 10.3. The van der Waals surface area contributed by atoms with Crippen molar-refractivity contribution >= 4 is 28.6 Å². The summed E-state index contributed by atoms with van der Waals surface area (Å²) in [5.41, 5.74) is 2.47. The van der Waals surface area contributed by atoms with E-state index in [1.54, 1.807) is 29.7 Å². The number of aliphatic imine (C=N–C) groups is 1. The van der Waals surface area contributed by atoms with Crippen LogP contribution in [0.15, 0.2) is 21.8 Å². The fraction of sp³-hybridized carbons (Fsp3) is 0.429. The molecule has 6 heteroatoms. The Balaban J connectivity index is 1.74. The molecule has 0 fully saturated rings. The second-order valence-electron chi connectivity index (χ2n) is 4.49. The number of rotatable bonds is 5. The van der Waals surface area contributed by atoms with Crippen molar-refractivity contribution in [3.05, 3.63) is 38.0 Å². The van der Waals surface area contributed by atoms with Gasteiger partial charge in [-0.05, 0) is 30.9 Å². The van der Waals surface area contributed by atoms with Crippen LogP contribution in [0.2, 0.25) is 0 Å². The molecule has 0 aromatic carbocycles. The Morgan fingerprint density at radius 2 is 2.15 bits per heavy atom. The molecule has 4 nitrogen and oxygen atoms in total. The summed E-state index contributed by atoms with van der Waals surface area (Å²) in [4.78, 5) is 10.0. The van der Waals surface area contributed by atoms with Gasteiger partial charge in [0.1, 0.15) is 0 Å². The predicted octanol–water partition coefficient (Wildman–Crippen LogP) is 2.73. The van der Waals surface area contributed by atoms with E-state index in [4.69, 9.17) is 0 Å². The van der Waals surface area contributed by atoms with Crippen LogP contribution in [0.25, 0.3) is 0 Å². The average molecular weight is 308 g/mol. The maximum absolute atomic E-state index is 4.45. The van der Waals surface area contributed by atoms with Crippen LogP contribution in [-0.2, 0) is 13.0 Å². The maximum Gasteiger partial charge on any atom is 0.191 e. The van der Waals surface area contributed by atoms with Crippen molar-refractivity contribution in [2.75, 3.05) is 13.6 Å². The van der Waals surface area contributed by atoms with Crippen molar-refractivity contribution in [1.29, 1.82) is 0 Å². The van der Waals surface area contributed by atoms with Crippen molar-refractivity contribution in [3.8, 4) is 0 Å². The van der Waals surface area contributed by atoms with E-state index < -0.39 is 0 Å². The highest BCUT2D eigenvalue weighted by Gasteiger charge is 2.03. The number of nitrogens with one attached hydrogen (secondary N) is 2. The molecule has 0 atom stereocenters. The summed E-state index contributed by atoms with van der Waals surface area (Å²) in [6.07, 6.45) is 0.920. The molecule has 2 aromatic rings. The number of hydrogen-bond donors (Lipinski definition) is 2. The SMILES string of the molecule is CN=C(NCCc1csc(C)n1)NCc1sccc1C. The molecule has 0 unspecified atom stereocenters. The number of thiazole rings is 1. The Kier molecular flexibility index (Phi) is 5.55. The summed E-state index contributed by atoms with van der Waals surface area (Å²) in [7, 11) is 1.80. The molecule has 0 saturated carbocycles. The number of nitrogens with zero attached hydrogens (tertiary/aromatic N) is 2. The average Bonchev–Trinajstić information content (AvgIpc) is 3.03. The normalized spacial score (nSPS) is 11.7. The van der Waals surface area contributed by atoms with Crippen LogP contribution in [0.4, 0.5) is 0 Å². The second kappa shape index (κ2) is 7.40. The van der Waals surface area contributed by atoms with Gasteiger partial charge in [-0.3, -0.25) is 4.99 Å². The van der Waals surface area contributed by atoms with Crippen molar-refractivity contribution in [1.82, 2.24) is 15.6 Å². The Labute approximate surface area is 128 Å². The van der Waals surface area contributed by atoms with E-state index in [2.05, 4.69) is 44.4 Å². The maximum atomic E-state index is 4.45. The molecule has 108 valence electrons. The quantitative estimate of drug-likeness (QED) is 0.659. The van der Waals surface area contributed by atoms with Crippen molar-refractivity contribution in [3.63, 3.8) is 0 Å². The molecule has 0 saturated heterocycles. The standard InChI is InChI=1S/C14H20N4S2/c1-10-5-7-19-13(10)8-17-14(15-3)16-6-4-12-9-20-11(2)18-12/h5,7,9H,4,6,8H2,1-3H3,(H2,15,16,17). The van der Waals surface area contributed by atoms with Crippen LogP contribution in [0.5, 0.6) is 0 Å². The fourth-order valence-electron chi connectivity index (χ4n) is 1.80. The molecular weight excluding hydrogens is 288 g/mol. The summed E-state index contributed by atoms with van der Waals surface area (Å²) in [6.45, 7) is 5.82. The number of hydrogen-bond acceptors (Lipinski definition) is 4. The molecule has 0 radical (unpaired) electrons. The summed E-state index contributed by atoms with van der Waals surface area (Å²) in [5, 5.41) is 12.0. The minimum absolute atomic E-state index is 0.818. The fourth-order valence-corrected chi connectivity index (χ4v) is 3.29. The molecule has 2 N–H and O–H groups in total. The second-order valence-corrected chi connectivity index (χ2v) is 6.55. The van der Waals surface area contributed by atoms with Crippen LogP contribution < -0.4 is 10.6 Å². The number of thiophene rings is 1. The third-order valence-electron chi connectivity index (χ3n) is 2.95. The zero-order chi connectivity index (χ0) is 14.4. The molecule has 2 rings (SSSR count). The summed E-state index contributed by atoms with van der Waals surface area (Å²) < 4.78 is 0. The van der Waals surface area contributed by atoms with Crippen LogP contribution in [0.1, 0.15) is 21.1 Å². The molecule has 2 aromatic heterocycles. The molecule has 0 aliphatic carbocycles. The van der Waals surface area contributed by atoms with Crippen molar-refractivity contribution in [2.45, 2.75) is 26.8 Å². The first-order valence-electron chi connectivity index (χ1n) is 6.57. The minimum Gasteiger partial charge on any atom is -0.356 e. The van der Waals surface area contributed by atoms with Gasteiger partial charge in [0.05, 0.1) is 17.2 Å². The summed E-state index contributed by atoms with van der Waals surface area (Å²) >= 11 is 3.47. The first-order valence-corrected chi connectivity index (χ1v) is 8.33. The molecule has 0 spiro atoms. The molecule has 2 heterocycles. The Morgan fingerprint density at radius 3 is 2.75 bits per heavy atom. The molecule has 20 heavy (non-hydrogen) atoms. The molecular formula is C14H20N4S2. The molecule has 0 aliphatic heterocycles.